The first kappa shape index (κ1) is 18.2. The number of carbonyl (C=O) groups excluding carboxylic acids is 1. The van der Waals surface area contributed by atoms with E-state index in [1.54, 1.807) is 0 Å². The number of benzene rings is 1. The van der Waals surface area contributed by atoms with Crippen LogP contribution in [0.25, 0.3) is 5.69 Å². The molecule has 1 aliphatic rings. The van der Waals surface area contributed by atoms with Crippen LogP contribution in [-0.4, -0.2) is 34.9 Å². The molecule has 2 aromatic rings. The molecule has 0 spiro atoms. The fourth-order valence-electron chi connectivity index (χ4n) is 3.64. The van der Waals surface area contributed by atoms with E-state index in [4.69, 9.17) is 11.6 Å². The van der Waals surface area contributed by atoms with Gasteiger partial charge in [0.1, 0.15) is 0 Å². The number of Topliss-reactive ketones (excluding diaryl/α,β-unsaturated/α-hetero) is 1. The Morgan fingerprint density at radius 1 is 1.12 bits per heavy atom. The van der Waals surface area contributed by atoms with Gasteiger partial charge in [0, 0.05) is 27.7 Å². The van der Waals surface area contributed by atoms with E-state index >= 15 is 0 Å². The molecule has 134 valence electrons. The Balaban J connectivity index is 1.78. The third-order valence-corrected chi connectivity index (χ3v) is 5.65. The molecule has 3 nitrogen and oxygen atoms in total. The minimum Gasteiger partial charge on any atom is -0.318 e. The van der Waals surface area contributed by atoms with Crippen molar-refractivity contribution in [2.24, 2.45) is 5.41 Å². The lowest BCUT2D eigenvalue weighted by atomic mass is 9.82. The maximum atomic E-state index is 12.9. The minimum atomic E-state index is 0.216. The van der Waals surface area contributed by atoms with E-state index in [9.17, 15) is 4.79 Å². The van der Waals surface area contributed by atoms with Crippen LogP contribution >= 0.6 is 11.6 Å². The Morgan fingerprint density at radius 3 is 2.32 bits per heavy atom. The smallest absolute Gasteiger partial charge is 0.178 e. The topological polar surface area (TPSA) is 25.2 Å². The van der Waals surface area contributed by atoms with Crippen LogP contribution in [0, 0.1) is 19.3 Å². The van der Waals surface area contributed by atoms with Crippen LogP contribution in [0.15, 0.2) is 30.3 Å². The fraction of sp³-hybridized carbons (Fsp3) is 0.476. The summed E-state index contributed by atoms with van der Waals surface area (Å²) < 4.78 is 2.13. The van der Waals surface area contributed by atoms with E-state index < -0.39 is 0 Å². The van der Waals surface area contributed by atoms with Crippen LogP contribution in [0.3, 0.4) is 0 Å². The molecule has 4 heteroatoms. The van der Waals surface area contributed by atoms with Crippen molar-refractivity contribution in [3.8, 4) is 5.69 Å². The minimum absolute atomic E-state index is 0.216. The summed E-state index contributed by atoms with van der Waals surface area (Å²) in [4.78, 5) is 15.2. The SMILES string of the molecule is Cc1cc(C(=O)CN2CCC(C)(C)CC2)c(C)n1-c1ccc(Cl)cc1. The van der Waals surface area contributed by atoms with Gasteiger partial charge in [-0.1, -0.05) is 25.4 Å². The van der Waals surface area contributed by atoms with Crippen molar-refractivity contribution < 1.29 is 4.79 Å². The van der Waals surface area contributed by atoms with Crippen LogP contribution in [0.2, 0.25) is 5.02 Å². The van der Waals surface area contributed by atoms with Crippen molar-refractivity contribution in [1.82, 2.24) is 9.47 Å². The quantitative estimate of drug-likeness (QED) is 0.714. The van der Waals surface area contributed by atoms with E-state index in [-0.39, 0.29) is 5.78 Å². The Hall–Kier alpha value is -1.58. The molecule has 1 aromatic heterocycles. The fourth-order valence-corrected chi connectivity index (χ4v) is 3.76. The van der Waals surface area contributed by atoms with Gasteiger partial charge in [0.25, 0.3) is 0 Å². The molecular formula is C21H27ClN2O. The molecule has 0 unspecified atom stereocenters. The summed E-state index contributed by atoms with van der Waals surface area (Å²) in [6.07, 6.45) is 2.31. The molecule has 2 heterocycles. The van der Waals surface area contributed by atoms with Gasteiger partial charge in [-0.15, -0.1) is 0 Å². The van der Waals surface area contributed by atoms with E-state index in [1.807, 2.05) is 44.2 Å². The van der Waals surface area contributed by atoms with Gasteiger partial charge in [0.05, 0.1) is 6.54 Å². The number of hydrogen-bond donors (Lipinski definition) is 0. The average molecular weight is 359 g/mol. The van der Waals surface area contributed by atoms with Gasteiger partial charge >= 0.3 is 0 Å². The largest absolute Gasteiger partial charge is 0.318 e. The van der Waals surface area contributed by atoms with Crippen LogP contribution in [0.4, 0.5) is 0 Å². The first-order valence-corrected chi connectivity index (χ1v) is 9.35. The lowest BCUT2D eigenvalue weighted by molar-refractivity contribution is 0.0845. The molecule has 1 aliphatic heterocycles. The number of piperidine rings is 1. The van der Waals surface area contributed by atoms with Crippen LogP contribution in [0.5, 0.6) is 0 Å². The number of likely N-dealkylation sites (tertiary alicyclic amines) is 1. The summed E-state index contributed by atoms with van der Waals surface area (Å²) in [5.74, 6) is 0.216. The van der Waals surface area contributed by atoms with E-state index in [2.05, 4.69) is 23.3 Å². The molecule has 0 saturated carbocycles. The summed E-state index contributed by atoms with van der Waals surface area (Å²) in [6, 6.07) is 9.76. The highest BCUT2D eigenvalue weighted by molar-refractivity contribution is 6.30. The molecule has 0 radical (unpaired) electrons. The molecule has 0 bridgehead atoms. The standard InChI is InChI=1S/C21H27ClN2O/c1-15-13-19(16(2)24(15)18-7-5-17(22)6-8-18)20(25)14-23-11-9-21(3,4)10-12-23/h5-8,13H,9-12,14H2,1-4H3. The Labute approximate surface area is 155 Å². The number of carbonyl (C=O) groups is 1. The molecule has 1 aromatic carbocycles. The monoisotopic (exact) mass is 358 g/mol. The van der Waals surface area contributed by atoms with Crippen LogP contribution < -0.4 is 0 Å². The van der Waals surface area contributed by atoms with E-state index in [0.29, 0.717) is 12.0 Å². The number of ketones is 1. The average Bonchev–Trinajstić information content (AvgIpc) is 2.85. The van der Waals surface area contributed by atoms with Crippen LogP contribution in [-0.2, 0) is 0 Å². The summed E-state index contributed by atoms with van der Waals surface area (Å²) in [6.45, 7) is 11.2. The first-order chi connectivity index (χ1) is 11.8. The summed E-state index contributed by atoms with van der Waals surface area (Å²) >= 11 is 5.99. The molecule has 3 rings (SSSR count). The van der Waals surface area contributed by atoms with Gasteiger partial charge in [-0.25, -0.2) is 0 Å². The number of nitrogens with zero attached hydrogens (tertiary/aromatic N) is 2. The van der Waals surface area contributed by atoms with Gasteiger partial charge in [-0.3, -0.25) is 9.69 Å². The predicted octanol–water partition coefficient (Wildman–Crippen LogP) is 5.05. The van der Waals surface area contributed by atoms with Gasteiger partial charge in [0.2, 0.25) is 0 Å². The van der Waals surface area contributed by atoms with Crippen molar-refractivity contribution in [2.45, 2.75) is 40.5 Å². The number of halogens is 1. The molecule has 25 heavy (non-hydrogen) atoms. The highest BCUT2D eigenvalue weighted by Gasteiger charge is 2.27. The Morgan fingerprint density at radius 2 is 1.72 bits per heavy atom. The van der Waals surface area contributed by atoms with Crippen molar-refractivity contribution in [3.63, 3.8) is 0 Å². The molecular weight excluding hydrogens is 332 g/mol. The second-order valence-corrected chi connectivity index (χ2v) is 8.40. The molecule has 1 fully saturated rings. The normalized spacial score (nSPS) is 17.6. The summed E-state index contributed by atoms with van der Waals surface area (Å²) in [5.41, 5.74) is 4.35. The second-order valence-electron chi connectivity index (χ2n) is 7.96. The third kappa shape index (κ3) is 3.99. The lowest BCUT2D eigenvalue weighted by Gasteiger charge is -2.36. The number of aromatic nitrogens is 1. The number of hydrogen-bond acceptors (Lipinski definition) is 2. The van der Waals surface area contributed by atoms with Crippen molar-refractivity contribution in [2.75, 3.05) is 19.6 Å². The zero-order valence-corrected chi connectivity index (χ0v) is 16.4. The predicted molar refractivity (Wildman–Crippen MR) is 104 cm³/mol. The van der Waals surface area contributed by atoms with Gasteiger partial charge in [-0.2, -0.15) is 0 Å². The van der Waals surface area contributed by atoms with Crippen molar-refractivity contribution in [1.29, 1.82) is 0 Å². The summed E-state index contributed by atoms with van der Waals surface area (Å²) in [7, 11) is 0. The zero-order chi connectivity index (χ0) is 18.2. The Kier molecular flexibility index (Phi) is 5.08. The van der Waals surface area contributed by atoms with Crippen molar-refractivity contribution >= 4 is 17.4 Å². The maximum Gasteiger partial charge on any atom is 0.178 e. The van der Waals surface area contributed by atoms with Gasteiger partial charge < -0.3 is 4.57 Å². The highest BCUT2D eigenvalue weighted by atomic mass is 35.5. The van der Waals surface area contributed by atoms with Crippen molar-refractivity contribution in [3.05, 3.63) is 52.3 Å². The summed E-state index contributed by atoms with van der Waals surface area (Å²) in [5, 5.41) is 0.718. The van der Waals surface area contributed by atoms with Crippen LogP contribution in [0.1, 0.15) is 48.4 Å². The number of aryl methyl sites for hydroxylation is 1. The zero-order valence-electron chi connectivity index (χ0n) is 15.6. The third-order valence-electron chi connectivity index (χ3n) is 5.39. The number of rotatable bonds is 4. The molecule has 0 aliphatic carbocycles. The maximum absolute atomic E-state index is 12.9. The Bertz CT molecular complexity index is 764. The van der Waals surface area contributed by atoms with E-state index in [1.165, 1.54) is 0 Å². The first-order valence-electron chi connectivity index (χ1n) is 8.97. The lowest BCUT2D eigenvalue weighted by Crippen LogP contribution is -2.40. The molecule has 0 amide bonds. The molecule has 0 atom stereocenters. The van der Waals surface area contributed by atoms with Gasteiger partial charge in [0.15, 0.2) is 5.78 Å². The second kappa shape index (κ2) is 6.97. The highest BCUT2D eigenvalue weighted by Crippen LogP contribution is 2.30. The molecule has 0 N–H and O–H groups in total. The van der Waals surface area contributed by atoms with E-state index in [0.717, 1.165) is 53.6 Å². The van der Waals surface area contributed by atoms with Gasteiger partial charge in [-0.05, 0) is 75.5 Å². The molecule has 1 saturated heterocycles.